The molecule has 0 unspecified atom stereocenters. The summed E-state index contributed by atoms with van der Waals surface area (Å²) in [7, 11) is 0. The number of hydrogen-bond acceptors (Lipinski definition) is 5. The Kier molecular flexibility index (Phi) is 4.38. The van der Waals surface area contributed by atoms with E-state index in [9.17, 15) is 14.4 Å². The lowest BCUT2D eigenvalue weighted by Crippen LogP contribution is -2.59. The summed E-state index contributed by atoms with van der Waals surface area (Å²) in [5.41, 5.74) is 1.18. The van der Waals surface area contributed by atoms with Gasteiger partial charge in [0.1, 0.15) is 11.1 Å². The van der Waals surface area contributed by atoms with Crippen LogP contribution in [0.25, 0.3) is 11.0 Å². The van der Waals surface area contributed by atoms with Gasteiger partial charge in [-0.05, 0) is 39.0 Å². The summed E-state index contributed by atoms with van der Waals surface area (Å²) in [6.45, 7) is 4.53. The normalized spacial score (nSPS) is 15.0. The Morgan fingerprint density at radius 1 is 1.10 bits per heavy atom. The third-order valence-electron chi connectivity index (χ3n) is 5.11. The van der Waals surface area contributed by atoms with Crippen LogP contribution in [0.15, 0.2) is 52.9 Å². The monoisotopic (exact) mass is 392 g/mol. The van der Waals surface area contributed by atoms with Crippen molar-refractivity contribution in [2.45, 2.75) is 26.3 Å². The molecule has 29 heavy (non-hydrogen) atoms. The van der Waals surface area contributed by atoms with Crippen molar-refractivity contribution in [3.8, 4) is 0 Å². The zero-order chi connectivity index (χ0) is 20.8. The van der Waals surface area contributed by atoms with Gasteiger partial charge in [-0.25, -0.2) is 4.79 Å². The summed E-state index contributed by atoms with van der Waals surface area (Å²) < 4.78 is 10.8. The standard InChI is InChI=1S/C22H20N2O5/c1-13-14-8-4-7-11-17(14)29-19(13)20(26)28-12-18(25)24-16-10-6-5-9-15(16)23-21(27)22(24,2)3/h4-11H,12H2,1-3H3,(H,23,27). The maximum absolute atomic E-state index is 13.0. The molecule has 4 rings (SSSR count). The first-order chi connectivity index (χ1) is 13.8. The van der Waals surface area contributed by atoms with E-state index in [1.165, 1.54) is 4.90 Å². The minimum Gasteiger partial charge on any atom is -0.450 e. The number of hydrogen-bond donors (Lipinski definition) is 1. The van der Waals surface area contributed by atoms with E-state index in [0.29, 0.717) is 22.5 Å². The number of fused-ring (bicyclic) bond motifs is 2. The molecule has 2 aromatic carbocycles. The molecule has 1 aliphatic heterocycles. The Balaban J connectivity index is 1.57. The molecular formula is C22H20N2O5. The third kappa shape index (κ3) is 3.04. The largest absolute Gasteiger partial charge is 0.450 e. The van der Waals surface area contributed by atoms with Gasteiger partial charge in [0, 0.05) is 10.9 Å². The molecule has 0 saturated carbocycles. The smallest absolute Gasteiger partial charge is 0.375 e. The number of para-hydroxylation sites is 3. The summed E-state index contributed by atoms with van der Waals surface area (Å²) in [5, 5.41) is 3.61. The summed E-state index contributed by atoms with van der Waals surface area (Å²) in [6, 6.07) is 14.3. The Morgan fingerprint density at radius 3 is 2.55 bits per heavy atom. The Hall–Kier alpha value is -3.61. The van der Waals surface area contributed by atoms with Gasteiger partial charge in [-0.2, -0.15) is 0 Å². The number of benzene rings is 2. The number of nitrogens with one attached hydrogen (secondary N) is 1. The molecule has 1 aliphatic rings. The number of carbonyl (C=O) groups is 3. The van der Waals surface area contributed by atoms with Crippen molar-refractivity contribution < 1.29 is 23.5 Å². The van der Waals surface area contributed by atoms with Crippen molar-refractivity contribution in [3.63, 3.8) is 0 Å². The zero-order valence-electron chi connectivity index (χ0n) is 16.3. The number of rotatable bonds is 3. The van der Waals surface area contributed by atoms with Crippen LogP contribution in [0.4, 0.5) is 11.4 Å². The number of esters is 1. The third-order valence-corrected chi connectivity index (χ3v) is 5.11. The molecule has 0 bridgehead atoms. The van der Waals surface area contributed by atoms with E-state index < -0.39 is 24.0 Å². The molecule has 1 N–H and O–H groups in total. The second-order valence-corrected chi connectivity index (χ2v) is 7.39. The molecule has 3 aromatic rings. The molecule has 0 atom stereocenters. The van der Waals surface area contributed by atoms with Gasteiger partial charge >= 0.3 is 5.97 Å². The first-order valence-corrected chi connectivity index (χ1v) is 9.19. The van der Waals surface area contributed by atoms with Crippen molar-refractivity contribution in [1.82, 2.24) is 0 Å². The first kappa shape index (κ1) is 18.7. The molecule has 2 amide bonds. The fourth-order valence-corrected chi connectivity index (χ4v) is 3.52. The number of carbonyl (C=O) groups excluding carboxylic acids is 3. The van der Waals surface area contributed by atoms with Gasteiger partial charge in [-0.3, -0.25) is 14.5 Å². The van der Waals surface area contributed by atoms with Gasteiger partial charge in [0.05, 0.1) is 11.4 Å². The van der Waals surface area contributed by atoms with Crippen molar-refractivity contribution in [2.24, 2.45) is 0 Å². The highest BCUT2D eigenvalue weighted by Crippen LogP contribution is 2.36. The number of amides is 2. The van der Waals surface area contributed by atoms with Crippen LogP contribution >= 0.6 is 0 Å². The van der Waals surface area contributed by atoms with Crippen LogP contribution in [0.5, 0.6) is 0 Å². The minimum atomic E-state index is -1.13. The number of furan rings is 1. The van der Waals surface area contributed by atoms with Crippen LogP contribution in [0, 0.1) is 6.92 Å². The van der Waals surface area contributed by atoms with Gasteiger partial charge in [0.15, 0.2) is 6.61 Å². The SMILES string of the molecule is Cc1c(C(=O)OCC(=O)N2c3ccccc3NC(=O)C2(C)C)oc2ccccc12. The average Bonchev–Trinajstić information content (AvgIpc) is 3.04. The first-order valence-electron chi connectivity index (χ1n) is 9.19. The van der Waals surface area contributed by atoms with E-state index in [4.69, 9.17) is 9.15 Å². The zero-order valence-corrected chi connectivity index (χ0v) is 16.3. The summed E-state index contributed by atoms with van der Waals surface area (Å²) in [5.74, 6) is -1.47. The van der Waals surface area contributed by atoms with Gasteiger partial charge < -0.3 is 14.5 Å². The molecule has 0 fully saturated rings. The number of aryl methyl sites for hydroxylation is 1. The van der Waals surface area contributed by atoms with E-state index in [1.807, 2.05) is 18.2 Å². The topological polar surface area (TPSA) is 88.9 Å². The maximum atomic E-state index is 13.0. The summed E-state index contributed by atoms with van der Waals surface area (Å²) in [4.78, 5) is 39.3. The van der Waals surface area contributed by atoms with E-state index in [1.54, 1.807) is 51.1 Å². The molecule has 148 valence electrons. The lowest BCUT2D eigenvalue weighted by Gasteiger charge is -2.41. The van der Waals surface area contributed by atoms with E-state index in [0.717, 1.165) is 5.39 Å². The second kappa shape index (κ2) is 6.77. The molecule has 0 saturated heterocycles. The molecule has 0 radical (unpaired) electrons. The van der Waals surface area contributed by atoms with Crippen LogP contribution in [-0.4, -0.2) is 29.9 Å². The lowest BCUT2D eigenvalue weighted by atomic mass is 9.96. The number of anilines is 2. The van der Waals surface area contributed by atoms with Crippen molar-refractivity contribution in [1.29, 1.82) is 0 Å². The second-order valence-electron chi connectivity index (χ2n) is 7.39. The lowest BCUT2D eigenvalue weighted by molar-refractivity contribution is -0.128. The van der Waals surface area contributed by atoms with Crippen LogP contribution in [0.1, 0.15) is 30.0 Å². The van der Waals surface area contributed by atoms with Crippen LogP contribution in [0.2, 0.25) is 0 Å². The highest BCUT2D eigenvalue weighted by atomic mass is 16.5. The van der Waals surface area contributed by atoms with Gasteiger partial charge in [-0.15, -0.1) is 0 Å². The fraction of sp³-hybridized carbons (Fsp3) is 0.227. The highest BCUT2D eigenvalue weighted by molar-refractivity contribution is 6.14. The van der Waals surface area contributed by atoms with Crippen LogP contribution in [0.3, 0.4) is 0 Å². The number of nitrogens with zero attached hydrogens (tertiary/aromatic N) is 1. The van der Waals surface area contributed by atoms with E-state index in [-0.39, 0.29) is 11.7 Å². The Labute approximate surface area is 167 Å². The fourth-order valence-electron chi connectivity index (χ4n) is 3.52. The highest BCUT2D eigenvalue weighted by Gasteiger charge is 2.43. The predicted molar refractivity (Wildman–Crippen MR) is 108 cm³/mol. The molecular weight excluding hydrogens is 372 g/mol. The van der Waals surface area contributed by atoms with Crippen molar-refractivity contribution in [2.75, 3.05) is 16.8 Å². The van der Waals surface area contributed by atoms with Crippen LogP contribution in [-0.2, 0) is 14.3 Å². The Bertz CT molecular complexity index is 1150. The summed E-state index contributed by atoms with van der Waals surface area (Å²) in [6.07, 6.45) is 0. The minimum absolute atomic E-state index is 0.0649. The Morgan fingerprint density at radius 2 is 1.79 bits per heavy atom. The van der Waals surface area contributed by atoms with Crippen molar-refractivity contribution >= 4 is 40.1 Å². The van der Waals surface area contributed by atoms with Crippen LogP contribution < -0.4 is 10.2 Å². The van der Waals surface area contributed by atoms with E-state index >= 15 is 0 Å². The maximum Gasteiger partial charge on any atom is 0.375 e. The molecule has 7 nitrogen and oxygen atoms in total. The quantitative estimate of drug-likeness (QED) is 0.687. The molecule has 7 heteroatoms. The van der Waals surface area contributed by atoms with Crippen molar-refractivity contribution in [3.05, 3.63) is 59.9 Å². The van der Waals surface area contributed by atoms with Gasteiger partial charge in [0.25, 0.3) is 5.91 Å². The molecule has 0 aliphatic carbocycles. The summed E-state index contributed by atoms with van der Waals surface area (Å²) >= 11 is 0. The molecule has 1 aromatic heterocycles. The van der Waals surface area contributed by atoms with Gasteiger partial charge in [-0.1, -0.05) is 30.3 Å². The number of ether oxygens (including phenoxy) is 1. The van der Waals surface area contributed by atoms with Gasteiger partial charge in [0.2, 0.25) is 11.7 Å². The molecule has 0 spiro atoms. The molecule has 2 heterocycles. The van der Waals surface area contributed by atoms with E-state index in [2.05, 4.69) is 5.32 Å². The average molecular weight is 392 g/mol. The predicted octanol–water partition coefficient (Wildman–Crippen LogP) is 3.66.